The first-order valence-corrected chi connectivity index (χ1v) is 5.10. The van der Waals surface area contributed by atoms with Crippen LogP contribution in [-0.4, -0.2) is 26.2 Å². The number of anilines is 1. The van der Waals surface area contributed by atoms with E-state index in [0.717, 1.165) is 12.1 Å². The van der Waals surface area contributed by atoms with E-state index in [1.54, 1.807) is 0 Å². The van der Waals surface area contributed by atoms with Gasteiger partial charge in [0.15, 0.2) is 0 Å². The predicted octanol–water partition coefficient (Wildman–Crippen LogP) is 1.66. The van der Waals surface area contributed by atoms with E-state index in [4.69, 9.17) is 10.5 Å². The summed E-state index contributed by atoms with van der Waals surface area (Å²) in [6.45, 7) is 0.508. The topological polar surface area (TPSA) is 64.3 Å². The van der Waals surface area contributed by atoms with Gasteiger partial charge in [0, 0.05) is 24.9 Å². The van der Waals surface area contributed by atoms with Gasteiger partial charge in [-0.3, -0.25) is 4.79 Å². The zero-order chi connectivity index (χ0) is 13.8. The summed E-state index contributed by atoms with van der Waals surface area (Å²) in [5, 5.41) is 2.43. The van der Waals surface area contributed by atoms with Crippen LogP contribution in [0.3, 0.4) is 0 Å². The minimum Gasteiger partial charge on any atom is -0.398 e. The molecule has 0 aliphatic heterocycles. The lowest BCUT2D eigenvalue weighted by molar-refractivity contribution is -0.136. The molecule has 0 saturated heterocycles. The molecule has 1 rings (SSSR count). The summed E-state index contributed by atoms with van der Waals surface area (Å²) >= 11 is 0. The van der Waals surface area contributed by atoms with Gasteiger partial charge in [0.1, 0.15) is 0 Å². The molecule has 0 fully saturated rings. The zero-order valence-electron chi connectivity index (χ0n) is 9.67. The van der Waals surface area contributed by atoms with Crippen molar-refractivity contribution in [1.29, 1.82) is 0 Å². The van der Waals surface area contributed by atoms with Crippen LogP contribution in [-0.2, 0) is 10.9 Å². The van der Waals surface area contributed by atoms with E-state index in [1.165, 1.54) is 13.2 Å². The van der Waals surface area contributed by atoms with Crippen LogP contribution < -0.4 is 11.1 Å². The fourth-order valence-electron chi connectivity index (χ4n) is 1.31. The molecule has 1 aromatic carbocycles. The van der Waals surface area contributed by atoms with Crippen LogP contribution in [0.5, 0.6) is 0 Å². The number of nitrogens with one attached hydrogen (secondary N) is 1. The first-order chi connectivity index (χ1) is 8.36. The number of nitrogens with two attached hydrogens (primary N) is 1. The molecule has 18 heavy (non-hydrogen) atoms. The summed E-state index contributed by atoms with van der Waals surface area (Å²) in [7, 11) is 1.46. The molecular formula is C11H13F3N2O2. The summed E-state index contributed by atoms with van der Waals surface area (Å²) in [6, 6.07) is 3.04. The molecule has 3 N–H and O–H groups in total. The Morgan fingerprint density at radius 3 is 2.67 bits per heavy atom. The number of rotatable bonds is 4. The molecule has 0 radical (unpaired) electrons. The number of ether oxygens (including phenoxy) is 1. The van der Waals surface area contributed by atoms with Crippen molar-refractivity contribution in [2.24, 2.45) is 0 Å². The van der Waals surface area contributed by atoms with Gasteiger partial charge in [0.2, 0.25) is 0 Å². The summed E-state index contributed by atoms with van der Waals surface area (Å²) < 4.78 is 42.4. The average molecular weight is 262 g/mol. The van der Waals surface area contributed by atoms with E-state index < -0.39 is 23.3 Å². The molecule has 7 heteroatoms. The maximum Gasteiger partial charge on any atom is 0.418 e. The second-order valence-corrected chi connectivity index (χ2v) is 3.55. The second-order valence-electron chi connectivity index (χ2n) is 3.55. The molecule has 0 unspecified atom stereocenters. The smallest absolute Gasteiger partial charge is 0.398 e. The number of methoxy groups -OCH3 is 1. The fraction of sp³-hybridized carbons (Fsp3) is 0.364. The summed E-state index contributed by atoms with van der Waals surface area (Å²) in [4.78, 5) is 11.5. The number of amides is 1. The molecule has 0 aliphatic rings. The highest BCUT2D eigenvalue weighted by atomic mass is 19.4. The van der Waals surface area contributed by atoms with Crippen LogP contribution in [0, 0.1) is 0 Å². The molecule has 1 amide bonds. The third-order valence-corrected chi connectivity index (χ3v) is 2.21. The standard InChI is InChI=1S/C11H13F3N2O2/c1-18-5-4-16-10(17)7-2-3-9(15)8(6-7)11(12,13)14/h2-3,6H,4-5,15H2,1H3,(H,16,17). The van der Waals surface area contributed by atoms with Crippen LogP contribution in [0.15, 0.2) is 18.2 Å². The molecule has 0 spiro atoms. The molecule has 0 aromatic heterocycles. The van der Waals surface area contributed by atoms with E-state index in [-0.39, 0.29) is 18.7 Å². The van der Waals surface area contributed by atoms with Gasteiger partial charge in [-0.05, 0) is 18.2 Å². The number of halogens is 3. The molecule has 0 bridgehead atoms. The van der Waals surface area contributed by atoms with Crippen LogP contribution in [0.25, 0.3) is 0 Å². The van der Waals surface area contributed by atoms with E-state index in [2.05, 4.69) is 5.32 Å². The average Bonchev–Trinajstić information content (AvgIpc) is 2.28. The normalized spacial score (nSPS) is 11.3. The first-order valence-electron chi connectivity index (χ1n) is 5.10. The Balaban J connectivity index is 2.88. The van der Waals surface area contributed by atoms with Crippen molar-refractivity contribution >= 4 is 11.6 Å². The quantitative estimate of drug-likeness (QED) is 0.640. The number of carbonyl (C=O) groups is 1. The van der Waals surface area contributed by atoms with Crippen LogP contribution in [0.2, 0.25) is 0 Å². The number of nitrogen functional groups attached to an aromatic ring is 1. The summed E-state index contributed by atoms with van der Waals surface area (Å²) in [5.74, 6) is -0.599. The summed E-state index contributed by atoms with van der Waals surface area (Å²) in [5.41, 5.74) is 3.72. The number of hydrogen-bond donors (Lipinski definition) is 2. The highest BCUT2D eigenvalue weighted by molar-refractivity contribution is 5.94. The van der Waals surface area contributed by atoms with Crippen molar-refractivity contribution in [1.82, 2.24) is 5.32 Å². The molecule has 4 nitrogen and oxygen atoms in total. The van der Waals surface area contributed by atoms with Crippen molar-refractivity contribution in [3.63, 3.8) is 0 Å². The van der Waals surface area contributed by atoms with E-state index in [9.17, 15) is 18.0 Å². The maximum atomic E-state index is 12.6. The molecule has 0 heterocycles. The lowest BCUT2D eigenvalue weighted by Crippen LogP contribution is -2.27. The Hall–Kier alpha value is -1.76. The third-order valence-electron chi connectivity index (χ3n) is 2.21. The van der Waals surface area contributed by atoms with Crippen LogP contribution >= 0.6 is 0 Å². The van der Waals surface area contributed by atoms with Crippen molar-refractivity contribution < 1.29 is 22.7 Å². The highest BCUT2D eigenvalue weighted by Crippen LogP contribution is 2.33. The van der Waals surface area contributed by atoms with Gasteiger partial charge < -0.3 is 15.8 Å². The minimum atomic E-state index is -4.58. The first kappa shape index (κ1) is 14.3. The van der Waals surface area contributed by atoms with Gasteiger partial charge >= 0.3 is 6.18 Å². The van der Waals surface area contributed by atoms with Crippen molar-refractivity contribution in [2.75, 3.05) is 26.0 Å². The van der Waals surface area contributed by atoms with Crippen molar-refractivity contribution in [3.8, 4) is 0 Å². The molecule has 100 valence electrons. The third kappa shape index (κ3) is 3.63. The largest absolute Gasteiger partial charge is 0.418 e. The Morgan fingerprint density at radius 2 is 2.11 bits per heavy atom. The maximum absolute atomic E-state index is 12.6. The van der Waals surface area contributed by atoms with Gasteiger partial charge in [0.25, 0.3) is 5.91 Å². The number of benzene rings is 1. The Labute approximate surface area is 102 Å². The van der Waals surface area contributed by atoms with Gasteiger partial charge in [-0.25, -0.2) is 0 Å². The SMILES string of the molecule is COCCNC(=O)c1ccc(N)c(C(F)(F)F)c1. The molecule has 0 atom stereocenters. The lowest BCUT2D eigenvalue weighted by Gasteiger charge is -2.11. The van der Waals surface area contributed by atoms with Gasteiger partial charge in [-0.15, -0.1) is 0 Å². The van der Waals surface area contributed by atoms with Crippen molar-refractivity contribution in [2.45, 2.75) is 6.18 Å². The monoisotopic (exact) mass is 262 g/mol. The number of hydrogen-bond acceptors (Lipinski definition) is 3. The second kappa shape index (κ2) is 5.72. The Kier molecular flexibility index (Phi) is 4.55. The van der Waals surface area contributed by atoms with Crippen LogP contribution in [0.1, 0.15) is 15.9 Å². The zero-order valence-corrected chi connectivity index (χ0v) is 9.67. The van der Waals surface area contributed by atoms with Crippen molar-refractivity contribution in [3.05, 3.63) is 29.3 Å². The van der Waals surface area contributed by atoms with E-state index in [0.29, 0.717) is 0 Å². The van der Waals surface area contributed by atoms with Gasteiger partial charge in [0.05, 0.1) is 12.2 Å². The Morgan fingerprint density at radius 1 is 1.44 bits per heavy atom. The lowest BCUT2D eigenvalue weighted by atomic mass is 10.1. The van der Waals surface area contributed by atoms with E-state index in [1.807, 2.05) is 0 Å². The van der Waals surface area contributed by atoms with Crippen LogP contribution in [0.4, 0.5) is 18.9 Å². The number of alkyl halides is 3. The predicted molar refractivity (Wildman–Crippen MR) is 60.1 cm³/mol. The Bertz CT molecular complexity index is 433. The van der Waals surface area contributed by atoms with E-state index >= 15 is 0 Å². The molecule has 1 aromatic rings. The minimum absolute atomic E-state index is 0.0902. The summed E-state index contributed by atoms with van der Waals surface area (Å²) in [6.07, 6.45) is -4.58. The van der Waals surface area contributed by atoms with Gasteiger partial charge in [-0.2, -0.15) is 13.2 Å². The number of carbonyl (C=O) groups excluding carboxylic acids is 1. The highest BCUT2D eigenvalue weighted by Gasteiger charge is 2.33. The van der Waals surface area contributed by atoms with Gasteiger partial charge in [-0.1, -0.05) is 0 Å². The molecule has 0 saturated carbocycles. The fourth-order valence-corrected chi connectivity index (χ4v) is 1.31. The molecular weight excluding hydrogens is 249 g/mol. The molecule has 0 aliphatic carbocycles.